The minimum atomic E-state index is 0.608. The van der Waals surface area contributed by atoms with Gasteiger partial charge in [0.05, 0.1) is 0 Å². The van der Waals surface area contributed by atoms with Gasteiger partial charge in [0.25, 0.3) is 0 Å². The lowest BCUT2D eigenvalue weighted by molar-refractivity contribution is 1.12. The fraction of sp³-hybridized carbons (Fsp3) is 0.176. The first-order valence-corrected chi connectivity index (χ1v) is 6.78. The molecule has 0 nitrogen and oxygen atoms in total. The van der Waals surface area contributed by atoms with Gasteiger partial charge in [-0.05, 0) is 23.1 Å². The normalized spacial score (nSPS) is 11.6. The van der Waals surface area contributed by atoms with Crippen molar-refractivity contribution in [2.75, 3.05) is 5.88 Å². The molecule has 1 heteroatoms. The number of allylic oxidation sites excluding steroid dienone is 1. The van der Waals surface area contributed by atoms with E-state index in [4.69, 9.17) is 11.6 Å². The van der Waals surface area contributed by atoms with Gasteiger partial charge in [-0.3, -0.25) is 0 Å². The molecular formula is C17H17Cl. The second-order valence-corrected chi connectivity index (χ2v) is 4.55. The van der Waals surface area contributed by atoms with Gasteiger partial charge in [0, 0.05) is 5.88 Å². The SMILES string of the molecule is CCC(=Cc1ccc(-c2ccccc2)cc1)CCl. The van der Waals surface area contributed by atoms with E-state index in [0.717, 1.165) is 6.42 Å². The molecule has 0 spiro atoms. The highest BCUT2D eigenvalue weighted by atomic mass is 35.5. The smallest absolute Gasteiger partial charge is 0.0436 e. The van der Waals surface area contributed by atoms with E-state index in [1.807, 2.05) is 6.07 Å². The van der Waals surface area contributed by atoms with Gasteiger partial charge in [-0.1, -0.05) is 73.2 Å². The van der Waals surface area contributed by atoms with Gasteiger partial charge in [-0.25, -0.2) is 0 Å². The highest BCUT2D eigenvalue weighted by Crippen LogP contribution is 2.20. The zero-order valence-electron chi connectivity index (χ0n) is 10.6. The fourth-order valence-electron chi connectivity index (χ4n) is 1.87. The topological polar surface area (TPSA) is 0 Å². The number of benzene rings is 2. The van der Waals surface area contributed by atoms with Crippen molar-refractivity contribution in [3.8, 4) is 11.1 Å². The molecule has 2 aromatic rings. The summed E-state index contributed by atoms with van der Waals surface area (Å²) in [5.74, 6) is 0.608. The van der Waals surface area contributed by atoms with Crippen molar-refractivity contribution < 1.29 is 0 Å². The molecule has 0 radical (unpaired) electrons. The van der Waals surface area contributed by atoms with Crippen LogP contribution in [0.2, 0.25) is 0 Å². The molecule has 0 unspecified atom stereocenters. The van der Waals surface area contributed by atoms with Crippen molar-refractivity contribution in [1.82, 2.24) is 0 Å². The predicted molar refractivity (Wildman–Crippen MR) is 80.9 cm³/mol. The standard InChI is InChI=1S/C17H17Cl/c1-2-14(13-18)12-15-8-10-17(11-9-15)16-6-4-3-5-7-16/h3-12H,2,13H2,1H3. The highest BCUT2D eigenvalue weighted by molar-refractivity contribution is 6.19. The molecule has 0 heterocycles. The first kappa shape index (κ1) is 12.9. The molecule has 0 aromatic heterocycles. The maximum atomic E-state index is 5.88. The van der Waals surface area contributed by atoms with Gasteiger partial charge in [0.2, 0.25) is 0 Å². The maximum absolute atomic E-state index is 5.88. The average Bonchev–Trinajstić information content (AvgIpc) is 2.46. The van der Waals surface area contributed by atoms with Crippen LogP contribution in [0.15, 0.2) is 60.2 Å². The largest absolute Gasteiger partial charge is 0.122 e. The molecule has 2 rings (SSSR count). The average molecular weight is 257 g/mol. The van der Waals surface area contributed by atoms with Crippen LogP contribution in [-0.2, 0) is 0 Å². The van der Waals surface area contributed by atoms with Crippen molar-refractivity contribution >= 4 is 17.7 Å². The molecular weight excluding hydrogens is 240 g/mol. The molecule has 0 aliphatic heterocycles. The Morgan fingerprint density at radius 1 is 0.944 bits per heavy atom. The summed E-state index contributed by atoms with van der Waals surface area (Å²) < 4.78 is 0. The van der Waals surface area contributed by atoms with E-state index < -0.39 is 0 Å². The van der Waals surface area contributed by atoms with Gasteiger partial charge >= 0.3 is 0 Å². The number of hydrogen-bond donors (Lipinski definition) is 0. The molecule has 0 fully saturated rings. The zero-order valence-corrected chi connectivity index (χ0v) is 11.3. The summed E-state index contributed by atoms with van der Waals surface area (Å²) in [7, 11) is 0. The zero-order chi connectivity index (χ0) is 12.8. The first-order chi connectivity index (χ1) is 8.83. The van der Waals surface area contributed by atoms with Gasteiger partial charge in [-0.2, -0.15) is 0 Å². The fourth-order valence-corrected chi connectivity index (χ4v) is 2.14. The molecule has 0 aliphatic rings. The Hall–Kier alpha value is -1.53. The molecule has 0 saturated carbocycles. The van der Waals surface area contributed by atoms with Crippen molar-refractivity contribution in [2.45, 2.75) is 13.3 Å². The van der Waals surface area contributed by atoms with E-state index in [1.54, 1.807) is 0 Å². The predicted octanol–water partition coefficient (Wildman–Crippen LogP) is 5.39. The van der Waals surface area contributed by atoms with E-state index in [2.05, 4.69) is 61.5 Å². The number of hydrogen-bond acceptors (Lipinski definition) is 0. The molecule has 0 N–H and O–H groups in total. The molecule has 2 aromatic carbocycles. The van der Waals surface area contributed by atoms with Crippen LogP contribution in [0.25, 0.3) is 17.2 Å². The van der Waals surface area contributed by atoms with Crippen molar-refractivity contribution in [1.29, 1.82) is 0 Å². The van der Waals surface area contributed by atoms with Crippen LogP contribution in [0.5, 0.6) is 0 Å². The number of alkyl halides is 1. The van der Waals surface area contributed by atoms with Crippen LogP contribution in [-0.4, -0.2) is 5.88 Å². The molecule has 0 saturated heterocycles. The second-order valence-electron chi connectivity index (χ2n) is 4.28. The van der Waals surface area contributed by atoms with E-state index in [9.17, 15) is 0 Å². The lowest BCUT2D eigenvalue weighted by Crippen LogP contribution is -1.83. The Morgan fingerprint density at radius 2 is 1.56 bits per heavy atom. The van der Waals surface area contributed by atoms with Gasteiger partial charge in [0.1, 0.15) is 0 Å². The molecule has 0 amide bonds. The summed E-state index contributed by atoms with van der Waals surface area (Å²) in [5.41, 5.74) is 4.98. The van der Waals surface area contributed by atoms with Crippen molar-refractivity contribution in [2.24, 2.45) is 0 Å². The van der Waals surface area contributed by atoms with Crippen LogP contribution >= 0.6 is 11.6 Å². The Morgan fingerprint density at radius 3 is 2.11 bits per heavy atom. The number of halogens is 1. The van der Waals surface area contributed by atoms with Crippen molar-refractivity contribution in [3.05, 3.63) is 65.7 Å². The summed E-state index contributed by atoms with van der Waals surface area (Å²) >= 11 is 5.88. The van der Waals surface area contributed by atoms with E-state index in [-0.39, 0.29) is 0 Å². The van der Waals surface area contributed by atoms with Gasteiger partial charge in [0.15, 0.2) is 0 Å². The van der Waals surface area contributed by atoms with Crippen LogP contribution in [0, 0.1) is 0 Å². The summed E-state index contributed by atoms with van der Waals surface area (Å²) in [6, 6.07) is 19.0. The minimum absolute atomic E-state index is 0.608. The Labute approximate surface area is 114 Å². The van der Waals surface area contributed by atoms with Crippen LogP contribution < -0.4 is 0 Å². The summed E-state index contributed by atoms with van der Waals surface area (Å²) in [6.45, 7) is 2.13. The lowest BCUT2D eigenvalue weighted by atomic mass is 10.0. The summed E-state index contributed by atoms with van der Waals surface area (Å²) in [6.07, 6.45) is 3.17. The highest BCUT2D eigenvalue weighted by Gasteiger charge is 1.97. The third-order valence-electron chi connectivity index (χ3n) is 3.01. The van der Waals surface area contributed by atoms with Crippen LogP contribution in [0.3, 0.4) is 0 Å². The van der Waals surface area contributed by atoms with Crippen LogP contribution in [0.1, 0.15) is 18.9 Å². The van der Waals surface area contributed by atoms with E-state index in [0.29, 0.717) is 5.88 Å². The second kappa shape index (κ2) is 6.42. The monoisotopic (exact) mass is 256 g/mol. The molecule has 92 valence electrons. The van der Waals surface area contributed by atoms with E-state index >= 15 is 0 Å². The third-order valence-corrected chi connectivity index (χ3v) is 3.36. The van der Waals surface area contributed by atoms with Crippen LogP contribution in [0.4, 0.5) is 0 Å². The quantitative estimate of drug-likeness (QED) is 0.644. The molecule has 0 bridgehead atoms. The summed E-state index contributed by atoms with van der Waals surface area (Å²) in [5, 5.41) is 0. The van der Waals surface area contributed by atoms with E-state index in [1.165, 1.54) is 22.3 Å². The van der Waals surface area contributed by atoms with Gasteiger partial charge < -0.3 is 0 Å². The Balaban J connectivity index is 2.23. The van der Waals surface area contributed by atoms with Crippen molar-refractivity contribution in [3.63, 3.8) is 0 Å². The van der Waals surface area contributed by atoms with Gasteiger partial charge in [-0.15, -0.1) is 11.6 Å². The molecule has 18 heavy (non-hydrogen) atoms. The minimum Gasteiger partial charge on any atom is -0.122 e. The third kappa shape index (κ3) is 3.24. The lowest BCUT2D eigenvalue weighted by Gasteiger charge is -2.03. The Kier molecular flexibility index (Phi) is 4.60. The maximum Gasteiger partial charge on any atom is 0.0436 e. The molecule has 0 atom stereocenters. The molecule has 0 aliphatic carbocycles. The summed E-state index contributed by atoms with van der Waals surface area (Å²) in [4.78, 5) is 0. The Bertz CT molecular complexity index is 503. The first-order valence-electron chi connectivity index (χ1n) is 6.24. The number of rotatable bonds is 4.